The monoisotopic (exact) mass is 360 g/mol. The van der Waals surface area contributed by atoms with E-state index in [0.29, 0.717) is 5.56 Å². The molecule has 0 N–H and O–H groups in total. The summed E-state index contributed by atoms with van der Waals surface area (Å²) in [5.41, 5.74) is -1.32. The van der Waals surface area contributed by atoms with Crippen LogP contribution in [-0.4, -0.2) is 27.4 Å². The number of carbonyl (C=O) groups is 1. The third-order valence-electron chi connectivity index (χ3n) is 4.67. The van der Waals surface area contributed by atoms with Gasteiger partial charge < -0.3 is 4.74 Å². The van der Waals surface area contributed by atoms with Gasteiger partial charge in [0.05, 0.1) is 19.7 Å². The summed E-state index contributed by atoms with van der Waals surface area (Å²) in [6, 6.07) is 9.16. The molecule has 1 aliphatic rings. The molecule has 2 aromatic rings. The Labute approximate surface area is 149 Å². The van der Waals surface area contributed by atoms with E-state index in [9.17, 15) is 18.8 Å². The van der Waals surface area contributed by atoms with Gasteiger partial charge in [0.15, 0.2) is 0 Å². The van der Waals surface area contributed by atoms with Gasteiger partial charge in [-0.1, -0.05) is 30.3 Å². The summed E-state index contributed by atoms with van der Waals surface area (Å²) >= 11 is 0. The molecular weight excluding hydrogens is 339 g/mol. The molecule has 26 heavy (non-hydrogen) atoms. The van der Waals surface area contributed by atoms with Crippen molar-refractivity contribution >= 4 is 5.97 Å². The predicted octanol–water partition coefficient (Wildman–Crippen LogP) is 1.66. The summed E-state index contributed by atoms with van der Waals surface area (Å²) in [7, 11) is 0. The summed E-state index contributed by atoms with van der Waals surface area (Å²) in [6.45, 7) is 2.86. The van der Waals surface area contributed by atoms with Gasteiger partial charge in [0.2, 0.25) is 0 Å². The highest BCUT2D eigenvalue weighted by Gasteiger charge is 2.56. The number of halogens is 1. The topological polar surface area (TPSA) is 70.3 Å². The Hall–Kier alpha value is -2.70. The molecule has 1 aliphatic carbocycles. The minimum Gasteiger partial charge on any atom is -0.465 e. The number of aromatic nitrogens is 2. The second kappa shape index (κ2) is 6.90. The summed E-state index contributed by atoms with van der Waals surface area (Å²) in [6.07, 6.45) is 1.62. The average molecular weight is 360 g/mol. The van der Waals surface area contributed by atoms with Crippen LogP contribution in [0.25, 0.3) is 0 Å². The van der Waals surface area contributed by atoms with Crippen molar-refractivity contribution in [3.63, 3.8) is 0 Å². The fourth-order valence-corrected chi connectivity index (χ4v) is 3.07. The van der Waals surface area contributed by atoms with Crippen LogP contribution in [0, 0.1) is 12.8 Å². The molecule has 138 valence electrons. The molecule has 6 nitrogen and oxygen atoms in total. The fraction of sp³-hybridized carbons (Fsp3) is 0.421. The van der Waals surface area contributed by atoms with E-state index >= 15 is 0 Å². The van der Waals surface area contributed by atoms with E-state index in [4.69, 9.17) is 4.74 Å². The zero-order valence-electron chi connectivity index (χ0n) is 14.8. The van der Waals surface area contributed by atoms with Gasteiger partial charge in [0.25, 0.3) is 5.56 Å². The molecule has 7 heteroatoms. The Bertz CT molecular complexity index is 935. The van der Waals surface area contributed by atoms with Crippen molar-refractivity contribution in [2.24, 2.45) is 5.92 Å². The molecule has 1 heterocycles. The van der Waals surface area contributed by atoms with Crippen molar-refractivity contribution in [1.29, 1.82) is 0 Å². The number of alkyl halides is 1. The Balaban J connectivity index is 1.84. The molecule has 2 atom stereocenters. The van der Waals surface area contributed by atoms with Crippen LogP contribution >= 0.6 is 0 Å². The smallest absolute Gasteiger partial charge is 0.331 e. The maximum Gasteiger partial charge on any atom is 0.331 e. The number of aryl methyl sites for hydroxylation is 1. The van der Waals surface area contributed by atoms with Gasteiger partial charge in [-0.3, -0.25) is 18.7 Å². The number of carbonyl (C=O) groups excluding carboxylic acids is 1. The quantitative estimate of drug-likeness (QED) is 0.735. The largest absolute Gasteiger partial charge is 0.465 e. The molecule has 0 amide bonds. The number of esters is 1. The van der Waals surface area contributed by atoms with Crippen LogP contribution in [0.1, 0.15) is 24.5 Å². The molecule has 0 aliphatic heterocycles. The highest BCUT2D eigenvalue weighted by Crippen LogP contribution is 2.48. The Kier molecular flexibility index (Phi) is 4.80. The Morgan fingerprint density at radius 2 is 2.00 bits per heavy atom. The van der Waals surface area contributed by atoms with Crippen LogP contribution < -0.4 is 11.2 Å². The zero-order valence-corrected chi connectivity index (χ0v) is 14.8. The lowest BCUT2D eigenvalue weighted by Crippen LogP contribution is -2.42. The van der Waals surface area contributed by atoms with Gasteiger partial charge in [-0.15, -0.1) is 0 Å². The van der Waals surface area contributed by atoms with Gasteiger partial charge in [-0.2, -0.15) is 0 Å². The van der Waals surface area contributed by atoms with Crippen LogP contribution in [0.5, 0.6) is 0 Å². The van der Waals surface area contributed by atoms with E-state index in [1.54, 1.807) is 6.92 Å². The van der Waals surface area contributed by atoms with Crippen molar-refractivity contribution in [2.45, 2.75) is 39.0 Å². The fourth-order valence-electron chi connectivity index (χ4n) is 3.07. The van der Waals surface area contributed by atoms with Crippen molar-refractivity contribution in [2.75, 3.05) is 6.61 Å². The number of ether oxygens (including phenoxy) is 1. The van der Waals surface area contributed by atoms with E-state index in [1.165, 1.54) is 17.7 Å². The van der Waals surface area contributed by atoms with E-state index in [1.807, 2.05) is 30.3 Å². The summed E-state index contributed by atoms with van der Waals surface area (Å²) < 4.78 is 22.1. The standard InChI is InChI=1S/C19H21FN2O4/c1-13-9-21(12-19(20)8-16(19)11-26-14(2)23)18(25)22(17(13)24)10-15-6-4-3-5-7-15/h3-7,9,16H,8,10-12H2,1-2H3/t16-,19+/m0/s1. The molecule has 1 aromatic heterocycles. The maximum absolute atomic E-state index is 14.8. The van der Waals surface area contributed by atoms with Gasteiger partial charge in [0.1, 0.15) is 5.67 Å². The van der Waals surface area contributed by atoms with E-state index in [0.717, 1.165) is 10.1 Å². The van der Waals surface area contributed by atoms with E-state index < -0.39 is 23.2 Å². The lowest BCUT2D eigenvalue weighted by Gasteiger charge is -2.14. The molecule has 3 rings (SSSR count). The van der Waals surface area contributed by atoms with Crippen molar-refractivity contribution in [1.82, 2.24) is 9.13 Å². The van der Waals surface area contributed by atoms with E-state index in [2.05, 4.69) is 0 Å². The molecule has 0 unspecified atom stereocenters. The zero-order chi connectivity index (χ0) is 18.9. The van der Waals surface area contributed by atoms with Crippen LogP contribution in [0.4, 0.5) is 4.39 Å². The molecule has 1 aromatic carbocycles. The number of hydrogen-bond donors (Lipinski definition) is 0. The number of nitrogens with zero attached hydrogens (tertiary/aromatic N) is 2. The first-order valence-corrected chi connectivity index (χ1v) is 8.47. The second-order valence-electron chi connectivity index (χ2n) is 6.84. The van der Waals surface area contributed by atoms with Crippen LogP contribution in [0.2, 0.25) is 0 Å². The first-order valence-electron chi connectivity index (χ1n) is 8.47. The van der Waals surface area contributed by atoms with Crippen LogP contribution in [0.15, 0.2) is 46.1 Å². The minimum atomic E-state index is -1.60. The van der Waals surface area contributed by atoms with Crippen molar-refractivity contribution < 1.29 is 13.9 Å². The summed E-state index contributed by atoms with van der Waals surface area (Å²) in [5.74, 6) is -0.878. The Morgan fingerprint density at radius 3 is 2.65 bits per heavy atom. The molecule has 0 spiro atoms. The van der Waals surface area contributed by atoms with Crippen molar-refractivity contribution in [3.05, 3.63) is 68.5 Å². The molecule has 1 saturated carbocycles. The lowest BCUT2D eigenvalue weighted by atomic mass is 10.2. The SMILES string of the molecule is CC(=O)OC[C@@H]1C[C@@]1(F)Cn1cc(C)c(=O)n(Cc2ccccc2)c1=O. The highest BCUT2D eigenvalue weighted by molar-refractivity contribution is 5.65. The second-order valence-corrected chi connectivity index (χ2v) is 6.84. The number of benzene rings is 1. The number of hydrogen-bond acceptors (Lipinski definition) is 4. The van der Waals surface area contributed by atoms with Crippen molar-refractivity contribution in [3.8, 4) is 0 Å². The predicted molar refractivity (Wildman–Crippen MR) is 93.8 cm³/mol. The molecule has 0 saturated heterocycles. The van der Waals surface area contributed by atoms with Gasteiger partial charge in [-0.05, 0) is 18.9 Å². The van der Waals surface area contributed by atoms with Gasteiger partial charge in [0, 0.05) is 24.6 Å². The first kappa shape index (κ1) is 18.1. The normalized spacial score (nSPS) is 21.4. The first-order chi connectivity index (χ1) is 12.3. The van der Waals surface area contributed by atoms with Crippen LogP contribution in [0.3, 0.4) is 0 Å². The van der Waals surface area contributed by atoms with E-state index in [-0.39, 0.29) is 31.7 Å². The molecular formula is C19H21FN2O4. The molecule has 1 fully saturated rings. The van der Waals surface area contributed by atoms with Gasteiger partial charge in [-0.25, -0.2) is 9.18 Å². The van der Waals surface area contributed by atoms with Crippen LogP contribution in [-0.2, 0) is 22.6 Å². The molecule has 0 radical (unpaired) electrons. The average Bonchev–Trinajstić information content (AvgIpc) is 3.25. The Morgan fingerprint density at radius 1 is 1.31 bits per heavy atom. The highest BCUT2D eigenvalue weighted by atomic mass is 19.1. The summed E-state index contributed by atoms with van der Waals surface area (Å²) in [5, 5.41) is 0. The van der Waals surface area contributed by atoms with Gasteiger partial charge >= 0.3 is 11.7 Å². The summed E-state index contributed by atoms with van der Waals surface area (Å²) in [4.78, 5) is 35.9. The third-order valence-corrected chi connectivity index (χ3v) is 4.67. The maximum atomic E-state index is 14.8. The molecule has 0 bridgehead atoms. The number of rotatable bonds is 6. The third kappa shape index (κ3) is 3.76. The minimum absolute atomic E-state index is 0.00319. The lowest BCUT2D eigenvalue weighted by molar-refractivity contribution is -0.141.